The molecule has 0 saturated carbocycles. The molecule has 20 heavy (non-hydrogen) atoms. The molecule has 1 aliphatic heterocycles. The Morgan fingerprint density at radius 2 is 2.05 bits per heavy atom. The number of pyridine rings is 1. The smallest absolute Gasteiger partial charge is 0.151 e. The van der Waals surface area contributed by atoms with Crippen molar-refractivity contribution in [1.82, 2.24) is 15.2 Å². The Hall–Kier alpha value is -0.980. The van der Waals surface area contributed by atoms with Gasteiger partial charge in [0.1, 0.15) is 0 Å². The molecule has 0 radical (unpaired) electrons. The molecular weight excluding hydrogens is 274 g/mol. The Bertz CT molecular complexity index is 531. The molecule has 0 spiro atoms. The van der Waals surface area contributed by atoms with Gasteiger partial charge in [0.05, 0.1) is 22.9 Å². The number of hydrogen-bond donors (Lipinski definition) is 1. The summed E-state index contributed by atoms with van der Waals surface area (Å²) in [7, 11) is -2.84. The van der Waals surface area contributed by atoms with Crippen molar-refractivity contribution < 1.29 is 8.42 Å². The molecule has 0 amide bonds. The van der Waals surface area contributed by atoms with Gasteiger partial charge in [-0.25, -0.2) is 8.42 Å². The van der Waals surface area contributed by atoms with Gasteiger partial charge in [-0.05, 0) is 31.6 Å². The van der Waals surface area contributed by atoms with Crippen molar-refractivity contribution in [3.63, 3.8) is 0 Å². The average molecular weight is 297 g/mol. The van der Waals surface area contributed by atoms with Gasteiger partial charge in [0.15, 0.2) is 9.84 Å². The maximum atomic E-state index is 11.6. The lowest BCUT2D eigenvalue weighted by Crippen LogP contribution is -2.27. The van der Waals surface area contributed by atoms with E-state index < -0.39 is 9.84 Å². The monoisotopic (exact) mass is 297 g/mol. The lowest BCUT2D eigenvalue weighted by Gasteiger charge is -2.18. The fraction of sp³-hybridized carbons (Fsp3) is 0.643. The van der Waals surface area contributed by atoms with E-state index in [4.69, 9.17) is 0 Å². The van der Waals surface area contributed by atoms with Crippen LogP contribution < -0.4 is 5.32 Å². The fourth-order valence-electron chi connectivity index (χ4n) is 2.35. The van der Waals surface area contributed by atoms with Crippen LogP contribution in [0.1, 0.15) is 24.7 Å². The van der Waals surface area contributed by atoms with Gasteiger partial charge >= 0.3 is 0 Å². The van der Waals surface area contributed by atoms with Crippen molar-refractivity contribution in [2.24, 2.45) is 0 Å². The third kappa shape index (κ3) is 4.85. The van der Waals surface area contributed by atoms with Crippen molar-refractivity contribution in [1.29, 1.82) is 0 Å². The van der Waals surface area contributed by atoms with Crippen molar-refractivity contribution in [2.45, 2.75) is 26.4 Å². The quantitative estimate of drug-likeness (QED) is 0.871. The Morgan fingerprint density at radius 1 is 1.25 bits per heavy atom. The second-order valence-corrected chi connectivity index (χ2v) is 7.49. The van der Waals surface area contributed by atoms with E-state index in [0.29, 0.717) is 12.3 Å². The molecule has 0 aliphatic carbocycles. The van der Waals surface area contributed by atoms with Crippen LogP contribution in [-0.4, -0.2) is 49.4 Å². The second-order valence-electron chi connectivity index (χ2n) is 5.18. The van der Waals surface area contributed by atoms with Gasteiger partial charge in [-0.15, -0.1) is 0 Å². The van der Waals surface area contributed by atoms with E-state index in [1.807, 2.05) is 18.2 Å². The summed E-state index contributed by atoms with van der Waals surface area (Å²) in [4.78, 5) is 6.80. The maximum absolute atomic E-state index is 11.6. The molecule has 2 rings (SSSR count). The normalized spacial score (nSPS) is 19.6. The van der Waals surface area contributed by atoms with Gasteiger partial charge in [0, 0.05) is 19.6 Å². The first-order chi connectivity index (χ1) is 9.59. The molecule has 0 aromatic carbocycles. The van der Waals surface area contributed by atoms with E-state index in [1.165, 1.54) is 0 Å². The summed E-state index contributed by atoms with van der Waals surface area (Å²) in [5.41, 5.74) is 2.05. The fourth-order valence-corrected chi connectivity index (χ4v) is 3.66. The summed E-state index contributed by atoms with van der Waals surface area (Å²) in [5.74, 6) is 0.585. The summed E-state index contributed by atoms with van der Waals surface area (Å²) in [6, 6.07) is 6.04. The summed E-state index contributed by atoms with van der Waals surface area (Å²) >= 11 is 0. The van der Waals surface area contributed by atoms with E-state index in [9.17, 15) is 8.42 Å². The molecule has 0 bridgehead atoms. The highest BCUT2D eigenvalue weighted by molar-refractivity contribution is 7.91. The molecule has 1 saturated heterocycles. The third-order valence-electron chi connectivity index (χ3n) is 3.45. The molecule has 1 fully saturated rings. The molecule has 1 N–H and O–H groups in total. The highest BCUT2D eigenvalue weighted by Gasteiger charge is 2.19. The number of sulfone groups is 1. The zero-order valence-electron chi connectivity index (χ0n) is 12.0. The lowest BCUT2D eigenvalue weighted by atomic mass is 10.2. The van der Waals surface area contributed by atoms with E-state index >= 15 is 0 Å². The van der Waals surface area contributed by atoms with Crippen LogP contribution in [0, 0.1) is 0 Å². The maximum Gasteiger partial charge on any atom is 0.151 e. The van der Waals surface area contributed by atoms with Gasteiger partial charge in [0.25, 0.3) is 0 Å². The van der Waals surface area contributed by atoms with Gasteiger partial charge in [-0.3, -0.25) is 9.88 Å². The van der Waals surface area contributed by atoms with Crippen LogP contribution in [0.4, 0.5) is 0 Å². The van der Waals surface area contributed by atoms with Crippen LogP contribution in [0.15, 0.2) is 18.2 Å². The first-order valence-electron chi connectivity index (χ1n) is 7.17. The van der Waals surface area contributed by atoms with Crippen LogP contribution in [0.5, 0.6) is 0 Å². The summed E-state index contributed by atoms with van der Waals surface area (Å²) in [6.45, 7) is 5.95. The Kier molecular flexibility index (Phi) is 5.51. The number of rotatable bonds is 5. The highest BCUT2D eigenvalue weighted by Crippen LogP contribution is 2.09. The molecule has 2 heterocycles. The SMILES string of the molecule is CCNCc1cccc(CN2CCCS(=O)(=O)CC2)n1. The number of nitrogens with zero attached hydrogens (tertiary/aromatic N) is 2. The molecule has 1 aliphatic rings. The summed E-state index contributed by atoms with van der Waals surface area (Å²) < 4.78 is 23.2. The minimum atomic E-state index is -2.84. The highest BCUT2D eigenvalue weighted by atomic mass is 32.2. The standard InChI is InChI=1S/C14H23N3O2S/c1-2-15-11-13-5-3-6-14(16-13)12-17-7-4-9-20(18,19)10-8-17/h3,5-6,15H,2,4,7-12H2,1H3. The second kappa shape index (κ2) is 7.15. The van der Waals surface area contributed by atoms with Crippen LogP contribution >= 0.6 is 0 Å². The van der Waals surface area contributed by atoms with Crippen molar-refractivity contribution in [3.8, 4) is 0 Å². The third-order valence-corrected chi connectivity index (χ3v) is 5.17. The van der Waals surface area contributed by atoms with Gasteiger partial charge in [-0.2, -0.15) is 0 Å². The number of nitrogens with one attached hydrogen (secondary N) is 1. The van der Waals surface area contributed by atoms with Crippen LogP contribution in [0.2, 0.25) is 0 Å². The lowest BCUT2D eigenvalue weighted by molar-refractivity contribution is 0.283. The first kappa shape index (κ1) is 15.4. The number of hydrogen-bond acceptors (Lipinski definition) is 5. The molecule has 6 heteroatoms. The van der Waals surface area contributed by atoms with Crippen LogP contribution in [0.3, 0.4) is 0 Å². The zero-order valence-corrected chi connectivity index (χ0v) is 12.8. The molecular formula is C14H23N3O2S. The first-order valence-corrected chi connectivity index (χ1v) is 8.99. The zero-order chi connectivity index (χ0) is 14.4. The summed E-state index contributed by atoms with van der Waals surface area (Å²) in [6.07, 6.45) is 0.722. The van der Waals surface area contributed by atoms with Crippen molar-refractivity contribution >= 4 is 9.84 Å². The molecule has 1 aromatic rings. The Labute approximate surface area is 121 Å². The van der Waals surface area contributed by atoms with Gasteiger partial charge in [-0.1, -0.05) is 13.0 Å². The molecule has 112 valence electrons. The van der Waals surface area contributed by atoms with E-state index in [1.54, 1.807) is 0 Å². The van der Waals surface area contributed by atoms with Crippen LogP contribution in [0.25, 0.3) is 0 Å². The van der Waals surface area contributed by atoms with Gasteiger partial charge in [0.2, 0.25) is 0 Å². The predicted octanol–water partition coefficient (Wildman–Crippen LogP) is 0.812. The van der Waals surface area contributed by atoms with Crippen LogP contribution in [-0.2, 0) is 22.9 Å². The molecule has 1 aromatic heterocycles. The Balaban J connectivity index is 1.95. The van der Waals surface area contributed by atoms with Crippen molar-refractivity contribution in [3.05, 3.63) is 29.6 Å². The molecule has 0 unspecified atom stereocenters. The number of aromatic nitrogens is 1. The van der Waals surface area contributed by atoms with Gasteiger partial charge < -0.3 is 5.32 Å². The van der Waals surface area contributed by atoms with E-state index in [-0.39, 0.29) is 5.75 Å². The predicted molar refractivity (Wildman–Crippen MR) is 80.2 cm³/mol. The molecule has 5 nitrogen and oxygen atoms in total. The largest absolute Gasteiger partial charge is 0.311 e. The van der Waals surface area contributed by atoms with Crippen molar-refractivity contribution in [2.75, 3.05) is 31.1 Å². The average Bonchev–Trinajstić information content (AvgIpc) is 2.58. The minimum absolute atomic E-state index is 0.268. The summed E-state index contributed by atoms with van der Waals surface area (Å²) in [5, 5.41) is 3.26. The van der Waals surface area contributed by atoms with E-state index in [2.05, 4.69) is 22.1 Å². The molecule has 0 atom stereocenters. The topological polar surface area (TPSA) is 62.3 Å². The van der Waals surface area contributed by atoms with E-state index in [0.717, 1.165) is 44.0 Å². The Morgan fingerprint density at radius 3 is 2.85 bits per heavy atom. The minimum Gasteiger partial charge on any atom is -0.311 e.